The van der Waals surface area contributed by atoms with E-state index in [4.69, 9.17) is 23.7 Å². The SMILES string of the molecule is CC[C@H]1OC(=O)[C@H](C)C(=O)[C@H](C)[C@@H](OC2OC(C)CC(N(C)C)C2C)[C@](C)(OC)C[C@@H](C)C(=O)[C@H](C)[C@H]2N(CCCCn3cnc(-c4cccnc4)c3)C(=O)O[C@]12C. The predicted octanol–water partition coefficient (Wildman–Crippen LogP) is 6.20. The molecule has 5 heterocycles. The minimum atomic E-state index is -1.37. The normalized spacial score (nSPS) is 36.7. The molecule has 14 nitrogen and oxygen atoms in total. The van der Waals surface area contributed by atoms with Crippen molar-refractivity contribution in [3.63, 3.8) is 0 Å². The van der Waals surface area contributed by atoms with Gasteiger partial charge in [0, 0.05) is 74.1 Å². The number of hydrogen-bond acceptors (Lipinski definition) is 12. The van der Waals surface area contributed by atoms with Crippen molar-refractivity contribution in [2.24, 2.45) is 29.6 Å². The Hall–Kier alpha value is -3.72. The molecule has 2 aromatic rings. The second-order valence-electron chi connectivity index (χ2n) is 17.7. The lowest BCUT2D eigenvalue weighted by molar-refractivity contribution is -0.280. The molecule has 13 atom stereocenters. The summed E-state index contributed by atoms with van der Waals surface area (Å²) in [6, 6.07) is 3.24. The summed E-state index contributed by atoms with van der Waals surface area (Å²) < 4.78 is 33.9. The molecule has 0 spiro atoms. The lowest BCUT2D eigenvalue weighted by Crippen LogP contribution is -2.59. The van der Waals surface area contributed by atoms with Crippen molar-refractivity contribution >= 4 is 23.6 Å². The number of Topliss-reactive ketones (excluding diaryl/α,β-unsaturated/α-hetero) is 2. The zero-order chi connectivity index (χ0) is 42.7. The number of nitrogens with zero attached hydrogens (tertiary/aromatic N) is 5. The molecule has 3 aliphatic heterocycles. The summed E-state index contributed by atoms with van der Waals surface area (Å²) in [5.74, 6) is -4.55. The molecule has 58 heavy (non-hydrogen) atoms. The number of ketones is 2. The quantitative estimate of drug-likeness (QED) is 0.144. The van der Waals surface area contributed by atoms with Crippen molar-refractivity contribution in [2.45, 2.75) is 149 Å². The van der Waals surface area contributed by atoms with Gasteiger partial charge in [0.15, 0.2) is 17.7 Å². The molecule has 0 N–H and O–H groups in total. The zero-order valence-corrected chi connectivity index (χ0v) is 36.7. The number of amides is 1. The number of unbranched alkanes of at least 4 members (excludes halogenated alkanes) is 1. The first kappa shape index (κ1) is 45.4. The fraction of sp³-hybridized carbons (Fsp3) is 0.727. The Balaban J connectivity index is 1.43. The van der Waals surface area contributed by atoms with Crippen LogP contribution in [0.1, 0.15) is 94.4 Å². The molecule has 0 radical (unpaired) electrons. The van der Waals surface area contributed by atoms with Crippen LogP contribution in [-0.2, 0) is 44.6 Å². The summed E-state index contributed by atoms with van der Waals surface area (Å²) >= 11 is 0. The predicted molar refractivity (Wildman–Crippen MR) is 217 cm³/mol. The third-order valence-electron chi connectivity index (χ3n) is 13.2. The average Bonchev–Trinajstić information content (AvgIpc) is 3.78. The van der Waals surface area contributed by atoms with Gasteiger partial charge in [-0.2, -0.15) is 0 Å². The number of esters is 1. The second kappa shape index (κ2) is 18.7. The molecule has 0 aliphatic carbocycles. The van der Waals surface area contributed by atoms with E-state index in [2.05, 4.69) is 21.8 Å². The third-order valence-corrected chi connectivity index (χ3v) is 13.2. The lowest BCUT2D eigenvalue weighted by atomic mass is 9.73. The molecule has 4 unspecified atom stereocenters. The van der Waals surface area contributed by atoms with Crippen molar-refractivity contribution in [1.29, 1.82) is 0 Å². The molecule has 2 aromatic heterocycles. The second-order valence-corrected chi connectivity index (χ2v) is 17.7. The molecule has 3 saturated heterocycles. The van der Waals surface area contributed by atoms with E-state index >= 15 is 0 Å². The number of ether oxygens (including phenoxy) is 5. The number of pyridine rings is 1. The molecule has 1 amide bonds. The number of hydrogen-bond donors (Lipinski definition) is 0. The van der Waals surface area contributed by atoms with E-state index in [1.807, 2.05) is 71.6 Å². The van der Waals surface area contributed by atoms with Crippen LogP contribution in [0.15, 0.2) is 37.1 Å². The van der Waals surface area contributed by atoms with E-state index in [9.17, 15) is 19.2 Å². The highest BCUT2D eigenvalue weighted by Gasteiger charge is 2.60. The van der Waals surface area contributed by atoms with Gasteiger partial charge >= 0.3 is 12.1 Å². The largest absolute Gasteiger partial charge is 0.458 e. The Kier molecular flexibility index (Phi) is 14.6. The highest BCUT2D eigenvalue weighted by atomic mass is 16.7. The van der Waals surface area contributed by atoms with E-state index in [0.717, 1.165) is 24.1 Å². The number of rotatable bonds is 11. The number of aromatic nitrogens is 3. The van der Waals surface area contributed by atoms with Gasteiger partial charge in [-0.1, -0.05) is 34.6 Å². The maximum Gasteiger partial charge on any atom is 0.410 e. The van der Waals surface area contributed by atoms with Crippen LogP contribution in [0.3, 0.4) is 0 Å². The van der Waals surface area contributed by atoms with Gasteiger partial charge in [0.1, 0.15) is 17.8 Å². The van der Waals surface area contributed by atoms with Crippen LogP contribution < -0.4 is 0 Å². The third kappa shape index (κ3) is 9.35. The van der Waals surface area contributed by atoms with Gasteiger partial charge in [0.05, 0.1) is 35.9 Å². The average molecular weight is 810 g/mol. The van der Waals surface area contributed by atoms with Crippen LogP contribution >= 0.6 is 0 Å². The highest BCUT2D eigenvalue weighted by Crippen LogP contribution is 2.43. The number of cyclic esters (lactones) is 1. The minimum absolute atomic E-state index is 0.0534. The van der Waals surface area contributed by atoms with Gasteiger partial charge in [0.25, 0.3) is 0 Å². The van der Waals surface area contributed by atoms with E-state index in [0.29, 0.717) is 25.9 Å². The van der Waals surface area contributed by atoms with Gasteiger partial charge in [-0.15, -0.1) is 0 Å². The van der Waals surface area contributed by atoms with Crippen LogP contribution in [0.25, 0.3) is 11.3 Å². The summed E-state index contributed by atoms with van der Waals surface area (Å²) in [5, 5.41) is 0. The first-order chi connectivity index (χ1) is 27.4. The Labute approximate surface area is 344 Å². The van der Waals surface area contributed by atoms with E-state index in [1.54, 1.807) is 51.5 Å². The molecule has 0 saturated carbocycles. The molecule has 5 rings (SSSR count). The Morgan fingerprint density at radius 2 is 1.69 bits per heavy atom. The molecule has 0 bridgehead atoms. The fourth-order valence-electron chi connectivity index (χ4n) is 9.76. The maximum atomic E-state index is 14.7. The van der Waals surface area contributed by atoms with E-state index in [1.165, 1.54) is 0 Å². The van der Waals surface area contributed by atoms with Crippen molar-refractivity contribution in [3.8, 4) is 11.3 Å². The Morgan fingerprint density at radius 3 is 2.33 bits per heavy atom. The number of aryl methyl sites for hydroxylation is 1. The van der Waals surface area contributed by atoms with Crippen LogP contribution in [0.4, 0.5) is 4.79 Å². The number of fused-ring (bicyclic) bond motifs is 1. The topological polar surface area (TPSA) is 152 Å². The summed E-state index contributed by atoms with van der Waals surface area (Å²) in [5.41, 5.74) is -0.778. The summed E-state index contributed by atoms with van der Waals surface area (Å²) in [7, 11) is 5.62. The lowest BCUT2D eigenvalue weighted by Gasteiger charge is -2.47. The van der Waals surface area contributed by atoms with Gasteiger partial charge in [-0.25, -0.2) is 9.78 Å². The van der Waals surface area contributed by atoms with Gasteiger partial charge in [-0.05, 0) is 86.0 Å². The van der Waals surface area contributed by atoms with Gasteiger partial charge in [-0.3, -0.25) is 19.4 Å². The van der Waals surface area contributed by atoms with Crippen LogP contribution in [0, 0.1) is 29.6 Å². The Bertz CT molecular complexity index is 1740. The fourth-order valence-corrected chi connectivity index (χ4v) is 9.76. The standard InChI is InChI=1S/C44H67N5O9/c1-13-35-44(9)38(49(42(53)58-44)20-15-14-19-48-24-33(46-25-48)32-17-16-18-45-23-32)29(5)36(50)26(2)22-43(8,54-12)39(30(6)37(51)31(7)40(52)56-35)57-41-28(4)34(47(10)11)21-27(3)55-41/h16-18,23-31,34-35,38-39,41H,13-15,19-22H2,1-12H3/t26-,27?,28?,29+,30+,31-,34?,35-,38-,39-,41?,43-,44-/m1/s1. The first-order valence-electron chi connectivity index (χ1n) is 21.1. The molecule has 3 aliphatic rings. The zero-order valence-electron chi connectivity index (χ0n) is 36.7. The molecular formula is C44H67N5O9. The van der Waals surface area contributed by atoms with E-state index in [-0.39, 0.29) is 36.1 Å². The summed E-state index contributed by atoms with van der Waals surface area (Å²) in [4.78, 5) is 69.5. The molecule has 0 aromatic carbocycles. The number of methoxy groups -OCH3 is 1. The summed E-state index contributed by atoms with van der Waals surface area (Å²) in [6.45, 7) is 17.5. The smallest absolute Gasteiger partial charge is 0.410 e. The van der Waals surface area contributed by atoms with Crippen molar-refractivity contribution in [2.75, 3.05) is 27.7 Å². The van der Waals surface area contributed by atoms with E-state index < -0.39 is 71.5 Å². The molecule has 3 fully saturated rings. The first-order valence-corrected chi connectivity index (χ1v) is 21.1. The molecule has 14 heteroatoms. The number of carbonyl (C=O) groups is 4. The highest BCUT2D eigenvalue weighted by molar-refractivity contribution is 6.00. The maximum absolute atomic E-state index is 14.7. The van der Waals surface area contributed by atoms with Crippen molar-refractivity contribution < 1.29 is 42.9 Å². The van der Waals surface area contributed by atoms with Gasteiger partial charge in [0.2, 0.25) is 0 Å². The number of imidazole rings is 1. The van der Waals surface area contributed by atoms with Crippen LogP contribution in [0.2, 0.25) is 0 Å². The van der Waals surface area contributed by atoms with Crippen LogP contribution in [0.5, 0.6) is 0 Å². The molecular weight excluding hydrogens is 743 g/mol. The van der Waals surface area contributed by atoms with Crippen LogP contribution in [-0.4, -0.2) is 124 Å². The monoisotopic (exact) mass is 809 g/mol. The number of carbonyl (C=O) groups excluding carboxylic acids is 4. The van der Waals surface area contributed by atoms with Crippen molar-refractivity contribution in [1.82, 2.24) is 24.3 Å². The summed E-state index contributed by atoms with van der Waals surface area (Å²) in [6.07, 6.45) is 6.77. The van der Waals surface area contributed by atoms with Crippen molar-refractivity contribution in [3.05, 3.63) is 37.1 Å². The minimum Gasteiger partial charge on any atom is -0.458 e. The Morgan fingerprint density at radius 1 is 0.983 bits per heavy atom. The van der Waals surface area contributed by atoms with Gasteiger partial charge < -0.3 is 38.1 Å². The molecule has 322 valence electrons.